The van der Waals surface area contributed by atoms with E-state index >= 15 is 0 Å². The number of benzene rings is 1. The summed E-state index contributed by atoms with van der Waals surface area (Å²) in [5, 5.41) is 0. The van der Waals surface area contributed by atoms with Crippen LogP contribution in [0.5, 0.6) is 0 Å². The number of carbonyl (C=O) groups is 2. The van der Waals surface area contributed by atoms with Crippen LogP contribution in [-0.2, 0) is 19.7 Å². The average Bonchev–Trinajstić information content (AvgIpc) is 3.41. The molecule has 7 heteroatoms. The molecule has 2 amide bonds. The number of amides is 2. The van der Waals surface area contributed by atoms with Crippen molar-refractivity contribution in [1.82, 2.24) is 9.80 Å². The van der Waals surface area contributed by atoms with Gasteiger partial charge in [0.05, 0.1) is 13.2 Å². The molecule has 4 heterocycles. The Kier molecular flexibility index (Phi) is 5.65. The summed E-state index contributed by atoms with van der Waals surface area (Å²) in [6.07, 6.45) is 4.71. The Labute approximate surface area is 184 Å². The van der Waals surface area contributed by atoms with Gasteiger partial charge in [-0.3, -0.25) is 4.79 Å². The smallest absolute Gasteiger partial charge is 0.410 e. The summed E-state index contributed by atoms with van der Waals surface area (Å²) in [5.41, 5.74) is 2.54. The van der Waals surface area contributed by atoms with Crippen molar-refractivity contribution in [1.29, 1.82) is 0 Å². The summed E-state index contributed by atoms with van der Waals surface area (Å²) >= 11 is 0. The molecule has 4 aliphatic heterocycles. The number of hydrogen-bond donors (Lipinski definition) is 0. The average molecular weight is 428 g/mol. The van der Waals surface area contributed by atoms with Crippen molar-refractivity contribution in [3.05, 3.63) is 29.8 Å². The van der Waals surface area contributed by atoms with Gasteiger partial charge in [-0.25, -0.2) is 4.79 Å². The fraction of sp³-hybridized carbons (Fsp3) is 0.667. The molecular weight excluding hydrogens is 394 g/mol. The predicted molar refractivity (Wildman–Crippen MR) is 117 cm³/mol. The molecule has 0 aliphatic carbocycles. The first-order valence-electron chi connectivity index (χ1n) is 11.7. The molecule has 1 spiro atoms. The third kappa shape index (κ3) is 3.94. The van der Waals surface area contributed by atoms with Gasteiger partial charge in [-0.15, -0.1) is 0 Å². The van der Waals surface area contributed by atoms with Crippen LogP contribution in [0.2, 0.25) is 0 Å². The molecule has 7 nitrogen and oxygen atoms in total. The lowest BCUT2D eigenvalue weighted by Crippen LogP contribution is -2.52. The second-order valence-corrected chi connectivity index (χ2v) is 9.53. The molecule has 0 N–H and O–H groups in total. The molecule has 0 radical (unpaired) electrons. The van der Waals surface area contributed by atoms with E-state index in [1.54, 1.807) is 6.92 Å². The molecule has 1 atom stereocenters. The molecule has 4 aliphatic rings. The highest BCUT2D eigenvalue weighted by Crippen LogP contribution is 2.47. The van der Waals surface area contributed by atoms with Crippen molar-refractivity contribution in [3.8, 4) is 0 Å². The van der Waals surface area contributed by atoms with E-state index < -0.39 is 0 Å². The fourth-order valence-corrected chi connectivity index (χ4v) is 5.89. The molecule has 1 aromatic rings. The van der Waals surface area contributed by atoms with Gasteiger partial charge in [0.1, 0.15) is 6.10 Å². The van der Waals surface area contributed by atoms with Crippen molar-refractivity contribution in [2.45, 2.75) is 56.6 Å². The first kappa shape index (κ1) is 20.8. The third-order valence-electron chi connectivity index (χ3n) is 7.76. The van der Waals surface area contributed by atoms with Gasteiger partial charge in [-0.1, -0.05) is 18.2 Å². The molecule has 0 saturated carbocycles. The lowest BCUT2D eigenvalue weighted by Gasteiger charge is -2.45. The maximum atomic E-state index is 12.4. The Morgan fingerprint density at radius 3 is 2.48 bits per heavy atom. The molecule has 31 heavy (non-hydrogen) atoms. The summed E-state index contributed by atoms with van der Waals surface area (Å²) in [5.74, 6) is 0.134. The second-order valence-electron chi connectivity index (χ2n) is 9.53. The normalized spacial score (nSPS) is 26.3. The molecule has 3 fully saturated rings. The van der Waals surface area contributed by atoms with Crippen LogP contribution < -0.4 is 4.90 Å². The van der Waals surface area contributed by atoms with Crippen molar-refractivity contribution in [2.24, 2.45) is 0 Å². The van der Waals surface area contributed by atoms with E-state index in [9.17, 15) is 9.59 Å². The van der Waals surface area contributed by atoms with Crippen molar-refractivity contribution in [2.75, 3.05) is 50.8 Å². The lowest BCUT2D eigenvalue weighted by atomic mass is 9.74. The van der Waals surface area contributed by atoms with Crippen LogP contribution in [0.1, 0.15) is 44.6 Å². The minimum absolute atomic E-state index is 0.0765. The Balaban J connectivity index is 1.16. The van der Waals surface area contributed by atoms with Crippen LogP contribution in [0.25, 0.3) is 0 Å². The van der Waals surface area contributed by atoms with Gasteiger partial charge in [-0.2, -0.15) is 0 Å². The van der Waals surface area contributed by atoms with Crippen LogP contribution in [0.4, 0.5) is 10.5 Å². The van der Waals surface area contributed by atoms with Crippen LogP contribution >= 0.6 is 0 Å². The minimum Gasteiger partial charge on any atom is -0.444 e. The van der Waals surface area contributed by atoms with Crippen LogP contribution in [0.15, 0.2) is 24.3 Å². The maximum Gasteiger partial charge on any atom is 0.410 e. The largest absolute Gasteiger partial charge is 0.444 e. The zero-order chi connectivity index (χ0) is 21.4. The zero-order valence-electron chi connectivity index (χ0n) is 18.4. The first-order valence-corrected chi connectivity index (χ1v) is 11.7. The SMILES string of the molecule is CC(=O)N1CC2(CCN(C3CCN(C(=O)O[C@H]4CCOC4)CC3)CC2)c2ccccc21. The number of anilines is 1. The summed E-state index contributed by atoms with van der Waals surface area (Å²) in [7, 11) is 0. The predicted octanol–water partition coefficient (Wildman–Crippen LogP) is 2.78. The second kappa shape index (κ2) is 8.43. The van der Waals surface area contributed by atoms with Gasteiger partial charge >= 0.3 is 6.09 Å². The molecule has 5 rings (SSSR count). The van der Waals surface area contributed by atoms with Gasteiger partial charge in [-0.05, 0) is 50.4 Å². The number of nitrogens with zero attached hydrogens (tertiary/aromatic N) is 3. The fourth-order valence-electron chi connectivity index (χ4n) is 5.89. The Hall–Kier alpha value is -2.12. The van der Waals surface area contributed by atoms with Gasteiger partial charge in [0, 0.05) is 50.1 Å². The summed E-state index contributed by atoms with van der Waals surface area (Å²) in [4.78, 5) is 31.0. The van der Waals surface area contributed by atoms with Crippen molar-refractivity contribution < 1.29 is 19.1 Å². The minimum atomic E-state index is -0.182. The van der Waals surface area contributed by atoms with Crippen LogP contribution in [0.3, 0.4) is 0 Å². The monoisotopic (exact) mass is 427 g/mol. The van der Waals surface area contributed by atoms with E-state index in [-0.39, 0.29) is 23.5 Å². The van der Waals surface area contributed by atoms with Gasteiger partial charge in [0.2, 0.25) is 5.91 Å². The van der Waals surface area contributed by atoms with Crippen LogP contribution in [-0.4, -0.2) is 79.9 Å². The van der Waals surface area contributed by atoms with E-state index in [0.29, 0.717) is 19.3 Å². The van der Waals surface area contributed by atoms with Gasteiger partial charge in [0.15, 0.2) is 0 Å². The zero-order valence-corrected chi connectivity index (χ0v) is 18.4. The quantitative estimate of drug-likeness (QED) is 0.726. The summed E-state index contributed by atoms with van der Waals surface area (Å²) < 4.78 is 10.9. The number of fused-ring (bicyclic) bond motifs is 2. The van der Waals surface area contributed by atoms with Gasteiger partial charge in [0.25, 0.3) is 0 Å². The number of hydrogen-bond acceptors (Lipinski definition) is 5. The number of ether oxygens (including phenoxy) is 2. The topological polar surface area (TPSA) is 62.3 Å². The number of piperidine rings is 2. The number of para-hydroxylation sites is 1. The molecule has 168 valence electrons. The Bertz CT molecular complexity index is 822. The number of carbonyl (C=O) groups excluding carboxylic acids is 2. The number of likely N-dealkylation sites (tertiary alicyclic amines) is 2. The standard InChI is InChI=1S/C24H33N3O4/c1-18(28)27-17-24(21-4-2-3-5-22(21)27)9-13-25(14-10-24)19-6-11-26(12-7-19)23(29)31-20-8-15-30-16-20/h2-5,19-20H,6-17H2,1H3/t20-/m0/s1. The summed E-state index contributed by atoms with van der Waals surface area (Å²) in [6.45, 7) is 7.32. The third-order valence-corrected chi connectivity index (χ3v) is 7.76. The number of rotatable bonds is 2. The first-order chi connectivity index (χ1) is 15.1. The highest BCUT2D eigenvalue weighted by Gasteiger charge is 2.46. The Morgan fingerprint density at radius 1 is 1.06 bits per heavy atom. The van der Waals surface area contributed by atoms with Gasteiger partial charge < -0.3 is 24.2 Å². The van der Waals surface area contributed by atoms with E-state index in [2.05, 4.69) is 23.1 Å². The molecule has 0 aromatic heterocycles. The van der Waals surface area contributed by atoms with E-state index in [0.717, 1.165) is 70.5 Å². The van der Waals surface area contributed by atoms with Crippen LogP contribution in [0, 0.1) is 0 Å². The molecular formula is C24H33N3O4. The lowest BCUT2D eigenvalue weighted by molar-refractivity contribution is -0.116. The van der Waals surface area contributed by atoms with Crippen molar-refractivity contribution >= 4 is 17.7 Å². The maximum absolute atomic E-state index is 12.4. The molecule has 3 saturated heterocycles. The molecule has 0 unspecified atom stereocenters. The Morgan fingerprint density at radius 2 is 1.81 bits per heavy atom. The highest BCUT2D eigenvalue weighted by molar-refractivity contribution is 5.94. The van der Waals surface area contributed by atoms with E-state index in [1.165, 1.54) is 5.56 Å². The van der Waals surface area contributed by atoms with Crippen molar-refractivity contribution in [3.63, 3.8) is 0 Å². The highest BCUT2D eigenvalue weighted by atomic mass is 16.6. The molecule has 1 aromatic carbocycles. The summed E-state index contributed by atoms with van der Waals surface area (Å²) in [6, 6.07) is 8.96. The van der Waals surface area contributed by atoms with E-state index in [1.807, 2.05) is 15.9 Å². The van der Waals surface area contributed by atoms with E-state index in [4.69, 9.17) is 9.47 Å². The molecule has 0 bridgehead atoms.